The van der Waals surface area contributed by atoms with Gasteiger partial charge in [-0.3, -0.25) is 4.72 Å². The molecule has 0 spiro atoms. The van der Waals surface area contributed by atoms with Crippen LogP contribution in [0.25, 0.3) is 0 Å². The molecule has 0 aliphatic heterocycles. The SMILES string of the molecule is O=C(O)c1cc(NS(=O)(=O)c2cc(F)cc(Cl)c2)ccc1F. The van der Waals surface area contributed by atoms with Gasteiger partial charge in [0, 0.05) is 10.7 Å². The number of aromatic carboxylic acids is 1. The summed E-state index contributed by atoms with van der Waals surface area (Å²) in [5, 5.41) is 8.67. The Hall–Kier alpha value is -2.19. The fourth-order valence-corrected chi connectivity index (χ4v) is 3.04. The van der Waals surface area contributed by atoms with E-state index in [4.69, 9.17) is 16.7 Å². The summed E-state index contributed by atoms with van der Waals surface area (Å²) in [6.45, 7) is 0. The molecule has 0 radical (unpaired) electrons. The third kappa shape index (κ3) is 3.52. The van der Waals surface area contributed by atoms with Crippen molar-refractivity contribution < 1.29 is 27.1 Å². The smallest absolute Gasteiger partial charge is 0.338 e. The van der Waals surface area contributed by atoms with E-state index in [2.05, 4.69) is 0 Å². The van der Waals surface area contributed by atoms with Crippen LogP contribution in [0.4, 0.5) is 14.5 Å². The molecule has 0 fully saturated rings. The number of rotatable bonds is 4. The Labute approximate surface area is 129 Å². The van der Waals surface area contributed by atoms with Gasteiger partial charge in [-0.15, -0.1) is 0 Å². The van der Waals surface area contributed by atoms with E-state index < -0.39 is 38.1 Å². The predicted molar refractivity (Wildman–Crippen MR) is 75.6 cm³/mol. The molecule has 2 aromatic rings. The van der Waals surface area contributed by atoms with E-state index in [0.29, 0.717) is 0 Å². The van der Waals surface area contributed by atoms with Crippen molar-refractivity contribution in [3.63, 3.8) is 0 Å². The van der Waals surface area contributed by atoms with Gasteiger partial charge >= 0.3 is 5.97 Å². The third-order valence-electron chi connectivity index (χ3n) is 2.60. The highest BCUT2D eigenvalue weighted by Gasteiger charge is 2.18. The average molecular weight is 348 g/mol. The van der Waals surface area contributed by atoms with E-state index in [1.807, 2.05) is 4.72 Å². The highest BCUT2D eigenvalue weighted by Crippen LogP contribution is 2.22. The molecule has 0 unspecified atom stereocenters. The Morgan fingerprint density at radius 3 is 2.41 bits per heavy atom. The van der Waals surface area contributed by atoms with Gasteiger partial charge in [0.15, 0.2) is 0 Å². The summed E-state index contributed by atoms with van der Waals surface area (Å²) in [6, 6.07) is 5.36. The monoisotopic (exact) mass is 347 g/mol. The zero-order chi connectivity index (χ0) is 16.5. The Balaban J connectivity index is 2.41. The van der Waals surface area contributed by atoms with Gasteiger partial charge in [0.2, 0.25) is 0 Å². The first-order valence-electron chi connectivity index (χ1n) is 5.71. The number of hydrogen-bond donors (Lipinski definition) is 2. The van der Waals surface area contributed by atoms with Gasteiger partial charge < -0.3 is 5.11 Å². The van der Waals surface area contributed by atoms with E-state index in [1.54, 1.807) is 0 Å². The highest BCUT2D eigenvalue weighted by molar-refractivity contribution is 7.92. The van der Waals surface area contributed by atoms with Crippen molar-refractivity contribution in [2.24, 2.45) is 0 Å². The summed E-state index contributed by atoms with van der Waals surface area (Å²) in [5.41, 5.74) is -0.878. The van der Waals surface area contributed by atoms with Gasteiger partial charge in [0.05, 0.1) is 10.5 Å². The second-order valence-electron chi connectivity index (χ2n) is 4.21. The highest BCUT2D eigenvalue weighted by atomic mass is 35.5. The van der Waals surface area contributed by atoms with Crippen LogP contribution in [-0.4, -0.2) is 19.5 Å². The molecule has 0 aliphatic carbocycles. The molecule has 0 atom stereocenters. The van der Waals surface area contributed by atoms with Crippen LogP contribution in [0.1, 0.15) is 10.4 Å². The van der Waals surface area contributed by atoms with Gasteiger partial charge in [0.25, 0.3) is 10.0 Å². The lowest BCUT2D eigenvalue weighted by Crippen LogP contribution is -2.14. The van der Waals surface area contributed by atoms with Gasteiger partial charge in [-0.05, 0) is 36.4 Å². The lowest BCUT2D eigenvalue weighted by atomic mass is 10.2. The number of hydrogen-bond acceptors (Lipinski definition) is 3. The van der Waals surface area contributed by atoms with Gasteiger partial charge in [-0.2, -0.15) is 0 Å². The Kier molecular flexibility index (Phi) is 4.34. The standard InChI is InChI=1S/C13H8ClF2NO4S/c14-7-3-8(15)5-10(4-7)22(20,21)17-9-1-2-12(16)11(6-9)13(18)19/h1-6,17H,(H,18,19). The maximum atomic E-state index is 13.3. The molecule has 9 heteroatoms. The molecule has 2 N–H and O–H groups in total. The molecule has 0 aliphatic rings. The van der Waals surface area contributed by atoms with Crippen molar-refractivity contribution in [1.29, 1.82) is 0 Å². The minimum atomic E-state index is -4.20. The molecular formula is C13H8ClF2NO4S. The maximum Gasteiger partial charge on any atom is 0.338 e. The number of sulfonamides is 1. The van der Waals surface area contributed by atoms with Crippen LogP contribution < -0.4 is 4.72 Å². The van der Waals surface area contributed by atoms with Crippen molar-refractivity contribution in [2.75, 3.05) is 4.72 Å². The van der Waals surface area contributed by atoms with Crippen molar-refractivity contribution in [1.82, 2.24) is 0 Å². The van der Waals surface area contributed by atoms with E-state index in [9.17, 15) is 22.0 Å². The zero-order valence-electron chi connectivity index (χ0n) is 10.7. The number of halogens is 3. The number of carboxylic acid groups (broad SMARTS) is 1. The topological polar surface area (TPSA) is 83.5 Å². The number of benzene rings is 2. The quantitative estimate of drug-likeness (QED) is 0.890. The molecule has 22 heavy (non-hydrogen) atoms. The summed E-state index contributed by atoms with van der Waals surface area (Å²) >= 11 is 5.59. The molecular weight excluding hydrogens is 340 g/mol. The predicted octanol–water partition coefficient (Wildman–Crippen LogP) is 3.12. The van der Waals surface area contributed by atoms with Gasteiger partial charge in [-0.1, -0.05) is 11.6 Å². The van der Waals surface area contributed by atoms with Crippen LogP contribution in [0.3, 0.4) is 0 Å². The molecule has 0 saturated heterocycles. The molecule has 0 bridgehead atoms. The largest absolute Gasteiger partial charge is 0.478 e. The van der Waals surface area contributed by atoms with Gasteiger partial charge in [-0.25, -0.2) is 22.0 Å². The molecule has 0 aromatic heterocycles. The third-order valence-corrected chi connectivity index (χ3v) is 4.17. The normalized spacial score (nSPS) is 11.2. The second-order valence-corrected chi connectivity index (χ2v) is 6.33. The summed E-state index contributed by atoms with van der Waals surface area (Å²) in [7, 11) is -4.20. The van der Waals surface area contributed by atoms with Crippen molar-refractivity contribution in [2.45, 2.75) is 4.90 Å². The molecule has 5 nitrogen and oxygen atoms in total. The minimum absolute atomic E-state index is 0.120. The summed E-state index contributed by atoms with van der Waals surface area (Å²) in [5.74, 6) is -3.41. The van der Waals surface area contributed by atoms with Crippen LogP contribution in [0, 0.1) is 11.6 Å². The van der Waals surface area contributed by atoms with Crippen LogP contribution in [0.5, 0.6) is 0 Å². The summed E-state index contributed by atoms with van der Waals surface area (Å²) < 4.78 is 52.7. The molecule has 116 valence electrons. The second kappa shape index (κ2) is 5.90. The first-order chi connectivity index (χ1) is 10.2. The first-order valence-corrected chi connectivity index (χ1v) is 7.57. The Morgan fingerprint density at radius 1 is 1.14 bits per heavy atom. The van der Waals surface area contributed by atoms with Crippen molar-refractivity contribution >= 4 is 33.3 Å². The van der Waals surface area contributed by atoms with E-state index in [0.717, 1.165) is 36.4 Å². The molecule has 2 aromatic carbocycles. The fourth-order valence-electron chi connectivity index (χ4n) is 1.65. The van der Waals surface area contributed by atoms with Crippen molar-refractivity contribution in [3.05, 3.63) is 58.6 Å². The first kappa shape index (κ1) is 16.2. The number of carbonyl (C=O) groups is 1. The van der Waals surface area contributed by atoms with E-state index in [1.165, 1.54) is 0 Å². The molecule has 2 rings (SSSR count). The van der Waals surface area contributed by atoms with E-state index in [-0.39, 0.29) is 10.7 Å². The Bertz CT molecular complexity index is 835. The number of nitrogens with one attached hydrogen (secondary N) is 1. The lowest BCUT2D eigenvalue weighted by Gasteiger charge is -2.09. The van der Waals surface area contributed by atoms with Crippen molar-refractivity contribution in [3.8, 4) is 0 Å². The summed E-state index contributed by atoms with van der Waals surface area (Å²) in [4.78, 5) is 10.4. The number of carboxylic acids is 1. The van der Waals surface area contributed by atoms with Crippen LogP contribution in [0.2, 0.25) is 5.02 Å². The average Bonchev–Trinajstić information content (AvgIpc) is 2.39. The number of anilines is 1. The zero-order valence-corrected chi connectivity index (χ0v) is 12.3. The fraction of sp³-hybridized carbons (Fsp3) is 0. The summed E-state index contributed by atoms with van der Waals surface area (Å²) in [6.07, 6.45) is 0. The van der Waals surface area contributed by atoms with Crippen LogP contribution in [-0.2, 0) is 10.0 Å². The minimum Gasteiger partial charge on any atom is -0.478 e. The molecule has 0 saturated carbocycles. The van der Waals surface area contributed by atoms with Gasteiger partial charge in [0.1, 0.15) is 11.6 Å². The lowest BCUT2D eigenvalue weighted by molar-refractivity contribution is 0.0692. The van der Waals surface area contributed by atoms with E-state index >= 15 is 0 Å². The molecule has 0 amide bonds. The van der Waals surface area contributed by atoms with Crippen LogP contribution in [0.15, 0.2) is 41.3 Å². The Morgan fingerprint density at radius 2 is 1.82 bits per heavy atom. The maximum absolute atomic E-state index is 13.3. The molecule has 0 heterocycles. The van der Waals surface area contributed by atoms with Crippen LogP contribution >= 0.6 is 11.6 Å².